The van der Waals surface area contributed by atoms with E-state index in [2.05, 4.69) is 6.07 Å². The van der Waals surface area contributed by atoms with Crippen LogP contribution in [0.5, 0.6) is 5.75 Å². The Balaban J connectivity index is 3.14. The number of carboxylic acid groups (broad SMARTS) is 1. The molecule has 4 heteroatoms. The molecule has 0 atom stereocenters. The van der Waals surface area contributed by atoms with Gasteiger partial charge in [0.15, 0.2) is 0 Å². The van der Waals surface area contributed by atoms with Crippen LogP contribution in [0.2, 0.25) is 0 Å². The highest BCUT2D eigenvalue weighted by Crippen LogP contribution is 2.36. The fourth-order valence-electron chi connectivity index (χ4n) is 2.14. The maximum Gasteiger partial charge on any atom is 0.305 e. The molecule has 4 nitrogen and oxygen atoms in total. The minimum Gasteiger partial charge on any atom is -0.494 e. The molecule has 1 aromatic carbocycles. The van der Waals surface area contributed by atoms with Gasteiger partial charge in [-0.2, -0.15) is 0 Å². The fourth-order valence-corrected chi connectivity index (χ4v) is 2.14. The first-order valence-corrected chi connectivity index (χ1v) is 5.96. The Morgan fingerprint density at radius 1 is 1.33 bits per heavy atom. The minimum atomic E-state index is -0.790. The van der Waals surface area contributed by atoms with Gasteiger partial charge in [-0.3, -0.25) is 4.79 Å². The van der Waals surface area contributed by atoms with Gasteiger partial charge in [0.05, 0.1) is 19.2 Å². The number of anilines is 1. The molecule has 0 bridgehead atoms. The number of aliphatic carboxylic acids is 1. The third-order valence-electron chi connectivity index (χ3n) is 3.20. The van der Waals surface area contributed by atoms with Crippen LogP contribution in [-0.4, -0.2) is 31.8 Å². The number of aryl methyl sites for hydroxylation is 2. The number of ether oxygens (including phenoxy) is 1. The average Bonchev–Trinajstić information content (AvgIpc) is 2.30. The second-order valence-electron chi connectivity index (χ2n) is 4.58. The quantitative estimate of drug-likeness (QED) is 0.873. The molecule has 0 radical (unpaired) electrons. The summed E-state index contributed by atoms with van der Waals surface area (Å²) in [6, 6.07) is 2.10. The number of hydrogen-bond acceptors (Lipinski definition) is 3. The molecule has 0 aromatic heterocycles. The largest absolute Gasteiger partial charge is 0.494 e. The summed E-state index contributed by atoms with van der Waals surface area (Å²) in [5, 5.41) is 8.75. The van der Waals surface area contributed by atoms with Gasteiger partial charge in [0.1, 0.15) is 5.75 Å². The lowest BCUT2D eigenvalue weighted by molar-refractivity contribution is -0.136. The number of benzene rings is 1. The topological polar surface area (TPSA) is 49.8 Å². The van der Waals surface area contributed by atoms with Crippen LogP contribution in [0.4, 0.5) is 5.69 Å². The normalized spacial score (nSPS) is 10.3. The molecule has 0 aliphatic heterocycles. The highest BCUT2D eigenvalue weighted by Gasteiger charge is 2.16. The van der Waals surface area contributed by atoms with Crippen molar-refractivity contribution in [1.82, 2.24) is 0 Å². The first-order chi connectivity index (χ1) is 8.38. The van der Waals surface area contributed by atoms with Crippen molar-refractivity contribution < 1.29 is 14.6 Å². The maximum atomic E-state index is 10.6. The third-order valence-corrected chi connectivity index (χ3v) is 3.20. The highest BCUT2D eigenvalue weighted by molar-refractivity contribution is 5.70. The SMILES string of the molecule is COc1c(C)c(C)cc(C)c1N(C)CCC(=O)O. The first-order valence-electron chi connectivity index (χ1n) is 5.96. The molecule has 0 amide bonds. The molecule has 0 unspecified atom stereocenters. The highest BCUT2D eigenvalue weighted by atomic mass is 16.5. The van der Waals surface area contributed by atoms with Crippen LogP contribution < -0.4 is 9.64 Å². The molecule has 100 valence electrons. The molecule has 0 heterocycles. The van der Waals surface area contributed by atoms with Crippen molar-refractivity contribution in [3.8, 4) is 5.75 Å². The number of carbonyl (C=O) groups is 1. The summed E-state index contributed by atoms with van der Waals surface area (Å²) < 4.78 is 5.48. The van der Waals surface area contributed by atoms with Crippen LogP contribution in [0.3, 0.4) is 0 Å². The molecule has 1 rings (SSSR count). The van der Waals surface area contributed by atoms with Crippen molar-refractivity contribution in [3.63, 3.8) is 0 Å². The Morgan fingerprint density at radius 2 is 1.94 bits per heavy atom. The number of carboxylic acids is 1. The molecule has 1 aromatic rings. The average molecular weight is 251 g/mol. The summed E-state index contributed by atoms with van der Waals surface area (Å²) in [6.07, 6.45) is 0.117. The lowest BCUT2D eigenvalue weighted by atomic mass is 10.0. The first kappa shape index (κ1) is 14.4. The number of methoxy groups -OCH3 is 1. The van der Waals surface area contributed by atoms with Crippen molar-refractivity contribution in [2.24, 2.45) is 0 Å². The van der Waals surface area contributed by atoms with Gasteiger partial charge in [-0.25, -0.2) is 0 Å². The Bertz CT molecular complexity index is 455. The second-order valence-corrected chi connectivity index (χ2v) is 4.58. The number of nitrogens with zero attached hydrogens (tertiary/aromatic N) is 1. The summed E-state index contributed by atoms with van der Waals surface area (Å²) in [7, 11) is 3.54. The fraction of sp³-hybridized carbons (Fsp3) is 0.500. The van der Waals surface area contributed by atoms with Gasteiger partial charge in [-0.15, -0.1) is 0 Å². The summed E-state index contributed by atoms with van der Waals surface area (Å²) in [5.41, 5.74) is 4.35. The molecule has 0 aliphatic rings. The van der Waals surface area contributed by atoms with Crippen LogP contribution >= 0.6 is 0 Å². The van der Waals surface area contributed by atoms with E-state index in [-0.39, 0.29) is 6.42 Å². The van der Waals surface area contributed by atoms with Crippen molar-refractivity contribution in [3.05, 3.63) is 22.8 Å². The Kier molecular flexibility index (Phi) is 4.59. The third kappa shape index (κ3) is 2.94. The van der Waals surface area contributed by atoms with Crippen molar-refractivity contribution >= 4 is 11.7 Å². The van der Waals surface area contributed by atoms with Gasteiger partial charge in [0, 0.05) is 13.6 Å². The molecule has 18 heavy (non-hydrogen) atoms. The second kappa shape index (κ2) is 5.76. The van der Waals surface area contributed by atoms with E-state index in [4.69, 9.17) is 9.84 Å². The predicted octanol–water partition coefficient (Wildman–Crippen LogP) is 2.53. The number of hydrogen-bond donors (Lipinski definition) is 1. The van der Waals surface area contributed by atoms with Gasteiger partial charge in [0.25, 0.3) is 0 Å². The molecule has 0 saturated heterocycles. The van der Waals surface area contributed by atoms with Gasteiger partial charge < -0.3 is 14.7 Å². The van der Waals surface area contributed by atoms with Crippen LogP contribution in [0.15, 0.2) is 6.07 Å². The number of rotatable bonds is 5. The van der Waals surface area contributed by atoms with E-state index in [1.165, 1.54) is 5.56 Å². The van der Waals surface area contributed by atoms with Crippen LogP contribution in [0.1, 0.15) is 23.1 Å². The summed E-state index contributed by atoms with van der Waals surface area (Å²) >= 11 is 0. The zero-order valence-corrected chi connectivity index (χ0v) is 11.7. The van der Waals surface area contributed by atoms with Crippen LogP contribution in [0.25, 0.3) is 0 Å². The van der Waals surface area contributed by atoms with Crippen molar-refractivity contribution in [2.45, 2.75) is 27.2 Å². The summed E-state index contributed by atoms with van der Waals surface area (Å²) in [5.74, 6) is 0.0442. The van der Waals surface area contributed by atoms with Crippen molar-refractivity contribution in [2.75, 3.05) is 25.6 Å². The molecule has 0 aliphatic carbocycles. The Morgan fingerprint density at radius 3 is 2.44 bits per heavy atom. The maximum absolute atomic E-state index is 10.6. The summed E-state index contributed by atoms with van der Waals surface area (Å²) in [4.78, 5) is 12.6. The zero-order chi connectivity index (χ0) is 13.9. The van der Waals surface area contributed by atoms with E-state index in [9.17, 15) is 4.79 Å². The van der Waals surface area contributed by atoms with E-state index in [1.54, 1.807) is 7.11 Å². The van der Waals surface area contributed by atoms with Gasteiger partial charge in [-0.05, 0) is 37.5 Å². The van der Waals surface area contributed by atoms with Crippen LogP contribution in [-0.2, 0) is 4.79 Å². The van der Waals surface area contributed by atoms with Crippen LogP contribution in [0, 0.1) is 20.8 Å². The van der Waals surface area contributed by atoms with E-state index >= 15 is 0 Å². The Hall–Kier alpha value is -1.71. The Labute approximate surface area is 108 Å². The van der Waals surface area contributed by atoms with Gasteiger partial charge >= 0.3 is 5.97 Å². The predicted molar refractivity (Wildman–Crippen MR) is 72.7 cm³/mol. The minimum absolute atomic E-state index is 0.117. The molecule has 0 saturated carbocycles. The van der Waals surface area contributed by atoms with Gasteiger partial charge in [0.2, 0.25) is 0 Å². The monoisotopic (exact) mass is 251 g/mol. The molecule has 0 spiro atoms. The molecular weight excluding hydrogens is 230 g/mol. The molecule has 0 fully saturated rings. The van der Waals surface area contributed by atoms with E-state index in [0.29, 0.717) is 6.54 Å². The summed E-state index contributed by atoms with van der Waals surface area (Å²) in [6.45, 7) is 6.55. The van der Waals surface area contributed by atoms with E-state index < -0.39 is 5.97 Å². The van der Waals surface area contributed by atoms with E-state index in [0.717, 1.165) is 22.6 Å². The molecule has 1 N–H and O–H groups in total. The van der Waals surface area contributed by atoms with E-state index in [1.807, 2.05) is 32.7 Å². The lowest BCUT2D eigenvalue weighted by Gasteiger charge is -2.25. The smallest absolute Gasteiger partial charge is 0.305 e. The zero-order valence-electron chi connectivity index (χ0n) is 11.7. The standard InChI is InChI=1S/C14H21NO3/c1-9-8-10(2)13(14(18-5)11(9)3)15(4)7-6-12(16)17/h8H,6-7H2,1-5H3,(H,16,17). The molecular formula is C14H21NO3. The van der Waals surface area contributed by atoms with Gasteiger partial charge in [-0.1, -0.05) is 6.07 Å². The van der Waals surface area contributed by atoms with Crippen molar-refractivity contribution in [1.29, 1.82) is 0 Å². The lowest BCUT2D eigenvalue weighted by Crippen LogP contribution is -2.22.